The number of halogens is 1. The molecule has 0 spiro atoms. The van der Waals surface area contributed by atoms with Crippen molar-refractivity contribution in [3.8, 4) is 6.07 Å². The van der Waals surface area contributed by atoms with Gasteiger partial charge in [0.2, 0.25) is 0 Å². The summed E-state index contributed by atoms with van der Waals surface area (Å²) in [5, 5.41) is 17.6. The van der Waals surface area contributed by atoms with Gasteiger partial charge in [-0.05, 0) is 49.1 Å². The van der Waals surface area contributed by atoms with Crippen molar-refractivity contribution < 1.29 is 4.39 Å². The fraction of sp³-hybridized carbons (Fsp3) is 0.476. The molecule has 3 rings (SSSR count). The van der Waals surface area contributed by atoms with Crippen LogP contribution in [0.4, 0.5) is 10.1 Å². The average Bonchev–Trinajstić information content (AvgIpc) is 2.62. The van der Waals surface area contributed by atoms with E-state index < -0.39 is 5.82 Å². The van der Waals surface area contributed by atoms with E-state index in [1.807, 2.05) is 18.2 Å². The van der Waals surface area contributed by atoms with Crippen molar-refractivity contribution in [3.63, 3.8) is 0 Å². The quantitative estimate of drug-likeness (QED) is 0.811. The molecule has 0 amide bonds. The highest BCUT2D eigenvalue weighted by Crippen LogP contribution is 2.29. The number of nitriles is 1. The number of aromatic nitrogens is 2. The summed E-state index contributed by atoms with van der Waals surface area (Å²) in [7, 11) is 0. The lowest BCUT2D eigenvalue weighted by Crippen LogP contribution is -2.52. The van der Waals surface area contributed by atoms with Gasteiger partial charge in [-0.1, -0.05) is 13.8 Å². The van der Waals surface area contributed by atoms with Gasteiger partial charge in [-0.3, -0.25) is 4.90 Å². The normalized spacial score (nSPS) is 17.9. The molecule has 0 saturated carbocycles. The van der Waals surface area contributed by atoms with Crippen LogP contribution in [0.1, 0.15) is 37.6 Å². The van der Waals surface area contributed by atoms with E-state index in [0.717, 1.165) is 49.5 Å². The Hall–Kier alpha value is -2.52. The maximum atomic E-state index is 14.5. The summed E-state index contributed by atoms with van der Waals surface area (Å²) >= 11 is 0. The van der Waals surface area contributed by atoms with Crippen molar-refractivity contribution in [3.05, 3.63) is 53.1 Å². The maximum Gasteiger partial charge on any atom is 0.143 e. The van der Waals surface area contributed by atoms with Crippen molar-refractivity contribution in [1.29, 1.82) is 5.26 Å². The van der Waals surface area contributed by atoms with E-state index in [0.29, 0.717) is 5.92 Å². The highest BCUT2D eigenvalue weighted by atomic mass is 19.1. The van der Waals surface area contributed by atoms with Gasteiger partial charge in [-0.2, -0.15) is 15.5 Å². The molecule has 1 aromatic heterocycles. The molecule has 0 radical (unpaired) electrons. The zero-order valence-electron chi connectivity index (χ0n) is 16.2. The summed E-state index contributed by atoms with van der Waals surface area (Å²) in [6.45, 7) is 9.52. The molecule has 1 fully saturated rings. The molecule has 1 aliphatic rings. The molecule has 27 heavy (non-hydrogen) atoms. The van der Waals surface area contributed by atoms with Crippen LogP contribution in [0.15, 0.2) is 30.5 Å². The number of hydrogen-bond donors (Lipinski definition) is 0. The van der Waals surface area contributed by atoms with Gasteiger partial charge in [0, 0.05) is 38.4 Å². The summed E-state index contributed by atoms with van der Waals surface area (Å²) in [4.78, 5) is 4.49. The lowest BCUT2D eigenvalue weighted by Gasteiger charge is -2.41. The largest absolute Gasteiger partial charge is 0.365 e. The third kappa shape index (κ3) is 4.61. The number of anilines is 1. The van der Waals surface area contributed by atoms with Crippen molar-refractivity contribution in [1.82, 2.24) is 15.1 Å². The maximum absolute atomic E-state index is 14.5. The molecule has 5 nitrogen and oxygen atoms in total. The van der Waals surface area contributed by atoms with Crippen LogP contribution in [-0.2, 0) is 13.0 Å². The van der Waals surface area contributed by atoms with E-state index in [4.69, 9.17) is 0 Å². The second-order valence-electron chi connectivity index (χ2n) is 7.67. The minimum Gasteiger partial charge on any atom is -0.365 e. The summed E-state index contributed by atoms with van der Waals surface area (Å²) in [5.74, 6) is 0.0197. The van der Waals surface area contributed by atoms with Crippen molar-refractivity contribution in [2.45, 2.75) is 39.8 Å². The lowest BCUT2D eigenvalue weighted by atomic mass is 9.98. The second-order valence-corrected chi connectivity index (χ2v) is 7.67. The van der Waals surface area contributed by atoms with Crippen LogP contribution in [-0.4, -0.2) is 40.8 Å². The first-order valence-electron chi connectivity index (χ1n) is 9.46. The molecule has 2 heterocycles. The van der Waals surface area contributed by atoms with Crippen LogP contribution in [0.3, 0.4) is 0 Å². The molecule has 2 aromatic rings. The van der Waals surface area contributed by atoms with Gasteiger partial charge in [0.25, 0.3) is 0 Å². The molecular formula is C21H26FN5. The van der Waals surface area contributed by atoms with E-state index in [1.54, 1.807) is 6.20 Å². The van der Waals surface area contributed by atoms with E-state index in [2.05, 4.69) is 46.8 Å². The van der Waals surface area contributed by atoms with E-state index >= 15 is 0 Å². The van der Waals surface area contributed by atoms with Gasteiger partial charge in [0.05, 0.1) is 11.4 Å². The zero-order chi connectivity index (χ0) is 19.4. The molecule has 1 saturated heterocycles. The lowest BCUT2D eigenvalue weighted by molar-refractivity contribution is 0.218. The highest BCUT2D eigenvalue weighted by molar-refractivity contribution is 5.62. The molecule has 1 unspecified atom stereocenters. The number of nitrogens with zero attached hydrogens (tertiary/aromatic N) is 5. The smallest absolute Gasteiger partial charge is 0.143 e. The highest BCUT2D eigenvalue weighted by Gasteiger charge is 2.27. The summed E-state index contributed by atoms with van der Waals surface area (Å²) in [6.07, 6.45) is 2.48. The van der Waals surface area contributed by atoms with Crippen molar-refractivity contribution >= 4 is 5.69 Å². The summed E-state index contributed by atoms with van der Waals surface area (Å²) in [6, 6.07) is 9.62. The standard InChI is InChI=1S/C21H26FN5/c1-15(2)9-17-10-20(22)19(12-23)21(11-17)27-8-7-26(13-16(27)3)14-18-5-4-6-24-25-18/h4-6,10-11,15-16H,7-9,13-14H2,1-3H3. The molecule has 1 aliphatic heterocycles. The molecule has 1 atom stereocenters. The van der Waals surface area contributed by atoms with Crippen LogP contribution in [0, 0.1) is 23.1 Å². The molecule has 6 heteroatoms. The summed E-state index contributed by atoms with van der Waals surface area (Å²) < 4.78 is 14.5. The van der Waals surface area contributed by atoms with Crippen LogP contribution in [0.25, 0.3) is 0 Å². The Morgan fingerprint density at radius 1 is 1.33 bits per heavy atom. The minimum absolute atomic E-state index is 0.150. The SMILES string of the molecule is CC(C)Cc1cc(F)c(C#N)c(N2CCN(Cc3cccnn3)CC2C)c1. The van der Waals surface area contributed by atoms with Crippen LogP contribution in [0.5, 0.6) is 0 Å². The van der Waals surface area contributed by atoms with Crippen molar-refractivity contribution in [2.75, 3.05) is 24.5 Å². The Balaban J connectivity index is 1.79. The Morgan fingerprint density at radius 3 is 2.78 bits per heavy atom. The van der Waals surface area contributed by atoms with Gasteiger partial charge >= 0.3 is 0 Å². The van der Waals surface area contributed by atoms with Crippen LogP contribution in [0.2, 0.25) is 0 Å². The molecule has 0 bridgehead atoms. The first-order chi connectivity index (χ1) is 13.0. The molecule has 0 aliphatic carbocycles. The Morgan fingerprint density at radius 2 is 2.15 bits per heavy atom. The first-order valence-corrected chi connectivity index (χ1v) is 9.46. The van der Waals surface area contributed by atoms with Gasteiger partial charge < -0.3 is 4.90 Å². The monoisotopic (exact) mass is 367 g/mol. The predicted molar refractivity (Wildman–Crippen MR) is 104 cm³/mol. The molecular weight excluding hydrogens is 341 g/mol. The third-order valence-corrected chi connectivity index (χ3v) is 4.92. The Kier molecular flexibility index (Phi) is 6.02. The average molecular weight is 367 g/mol. The van der Waals surface area contributed by atoms with Crippen LogP contribution < -0.4 is 4.90 Å². The van der Waals surface area contributed by atoms with E-state index in [1.165, 1.54) is 6.07 Å². The summed E-state index contributed by atoms with van der Waals surface area (Å²) in [5.41, 5.74) is 2.77. The Labute approximate surface area is 160 Å². The van der Waals surface area contributed by atoms with Crippen LogP contribution >= 0.6 is 0 Å². The zero-order valence-corrected chi connectivity index (χ0v) is 16.2. The van der Waals surface area contributed by atoms with Gasteiger partial charge in [0.1, 0.15) is 17.4 Å². The molecule has 1 aromatic carbocycles. The predicted octanol–water partition coefficient (Wildman–Crippen LogP) is 3.40. The number of piperazine rings is 1. The number of benzene rings is 1. The van der Waals surface area contributed by atoms with E-state index in [9.17, 15) is 9.65 Å². The van der Waals surface area contributed by atoms with Crippen molar-refractivity contribution in [2.24, 2.45) is 5.92 Å². The fourth-order valence-corrected chi connectivity index (χ4v) is 3.75. The number of hydrogen-bond acceptors (Lipinski definition) is 5. The third-order valence-electron chi connectivity index (χ3n) is 4.92. The fourth-order valence-electron chi connectivity index (χ4n) is 3.75. The van der Waals surface area contributed by atoms with Gasteiger partial charge in [-0.15, -0.1) is 0 Å². The van der Waals surface area contributed by atoms with E-state index in [-0.39, 0.29) is 11.6 Å². The van der Waals surface area contributed by atoms with Gasteiger partial charge in [0.15, 0.2) is 0 Å². The minimum atomic E-state index is -0.417. The molecule has 0 N–H and O–H groups in total. The first kappa shape index (κ1) is 19.2. The molecule has 142 valence electrons. The Bertz CT molecular complexity index is 815. The number of rotatable bonds is 5. The van der Waals surface area contributed by atoms with Gasteiger partial charge in [-0.25, -0.2) is 4.39 Å². The topological polar surface area (TPSA) is 56.1 Å². The second kappa shape index (κ2) is 8.45.